The smallest absolute Gasteiger partial charge is 0.308 e. The molecule has 5 nitrogen and oxygen atoms in total. The fourth-order valence-electron chi connectivity index (χ4n) is 3.00. The molecule has 0 saturated carbocycles. The highest BCUT2D eigenvalue weighted by Crippen LogP contribution is 2.33. The quantitative estimate of drug-likeness (QED) is 0.758. The highest BCUT2D eigenvalue weighted by molar-refractivity contribution is 14.1. The van der Waals surface area contributed by atoms with Gasteiger partial charge in [-0.05, 0) is 35.4 Å². The van der Waals surface area contributed by atoms with Crippen LogP contribution in [0.1, 0.15) is 33.6 Å². The number of ketones is 2. The summed E-state index contributed by atoms with van der Waals surface area (Å²) in [6, 6.07) is 6.77. The van der Waals surface area contributed by atoms with E-state index in [1.54, 1.807) is 29.2 Å². The van der Waals surface area contributed by atoms with Gasteiger partial charge in [0.15, 0.2) is 0 Å². The van der Waals surface area contributed by atoms with Crippen LogP contribution >= 0.6 is 22.6 Å². The Bertz CT molecular complexity index is 710. The van der Waals surface area contributed by atoms with Crippen LogP contribution in [0.5, 0.6) is 0 Å². The number of hydrogen-bond donors (Lipinski definition) is 1. The molecule has 1 atom stereocenters. The molecule has 0 amide bonds. The van der Waals surface area contributed by atoms with Crippen LogP contribution in [-0.2, 0) is 4.79 Å². The van der Waals surface area contributed by atoms with Crippen LogP contribution in [0.3, 0.4) is 0 Å². The van der Waals surface area contributed by atoms with Crippen LogP contribution in [0.4, 0.5) is 0 Å². The topological polar surface area (TPSA) is 74.7 Å². The SMILES string of the molecule is O=C1C(I)=C(N2CCCC(C(=O)O)C2)C(=O)c2ccccc21. The molecular formula is C16H14INO4. The third kappa shape index (κ3) is 2.45. The van der Waals surface area contributed by atoms with Crippen molar-refractivity contribution in [1.82, 2.24) is 4.90 Å². The number of fused-ring (bicyclic) bond motifs is 1. The number of carboxylic acid groups (broad SMARTS) is 1. The predicted octanol–water partition coefficient (Wildman–Crippen LogP) is 2.51. The van der Waals surface area contributed by atoms with Crippen LogP contribution in [0, 0.1) is 5.92 Å². The van der Waals surface area contributed by atoms with Crippen LogP contribution in [0.25, 0.3) is 0 Å². The fraction of sp³-hybridized carbons (Fsp3) is 0.312. The van der Waals surface area contributed by atoms with Gasteiger partial charge in [-0.25, -0.2) is 0 Å². The van der Waals surface area contributed by atoms with Crippen molar-refractivity contribution in [3.8, 4) is 0 Å². The van der Waals surface area contributed by atoms with Gasteiger partial charge in [0.05, 0.1) is 9.50 Å². The van der Waals surface area contributed by atoms with Crippen LogP contribution in [-0.4, -0.2) is 40.6 Å². The maximum atomic E-state index is 12.7. The van der Waals surface area contributed by atoms with Crippen LogP contribution in [0.15, 0.2) is 33.5 Å². The molecule has 1 fully saturated rings. The number of rotatable bonds is 2. The van der Waals surface area contributed by atoms with E-state index in [2.05, 4.69) is 0 Å². The van der Waals surface area contributed by atoms with E-state index in [4.69, 9.17) is 0 Å². The molecule has 1 saturated heterocycles. The molecule has 1 N–H and O–H groups in total. The highest BCUT2D eigenvalue weighted by Gasteiger charge is 2.36. The molecule has 1 aliphatic carbocycles. The monoisotopic (exact) mass is 411 g/mol. The van der Waals surface area contributed by atoms with Gasteiger partial charge >= 0.3 is 5.97 Å². The number of nitrogens with zero attached hydrogens (tertiary/aromatic N) is 1. The zero-order valence-electron chi connectivity index (χ0n) is 11.7. The van der Waals surface area contributed by atoms with E-state index in [1.165, 1.54) is 0 Å². The summed E-state index contributed by atoms with van der Waals surface area (Å²) in [5, 5.41) is 9.20. The molecule has 0 bridgehead atoms. The summed E-state index contributed by atoms with van der Waals surface area (Å²) < 4.78 is 0.382. The molecule has 1 heterocycles. The second-order valence-corrected chi connectivity index (χ2v) is 6.57. The Kier molecular flexibility index (Phi) is 4.03. The Morgan fingerprint density at radius 2 is 1.82 bits per heavy atom. The normalized spacial score (nSPS) is 21.9. The van der Waals surface area contributed by atoms with E-state index in [0.717, 1.165) is 0 Å². The van der Waals surface area contributed by atoms with E-state index < -0.39 is 11.9 Å². The molecule has 1 aromatic rings. The van der Waals surface area contributed by atoms with Crippen molar-refractivity contribution in [2.75, 3.05) is 13.1 Å². The molecule has 0 radical (unpaired) electrons. The van der Waals surface area contributed by atoms with Gasteiger partial charge in [-0.15, -0.1) is 0 Å². The number of likely N-dealkylation sites (tertiary alicyclic amines) is 1. The number of Topliss-reactive ketones (excluding diaryl/α,β-unsaturated/α-hetero) is 2. The zero-order valence-corrected chi connectivity index (χ0v) is 13.9. The average Bonchev–Trinajstić information content (AvgIpc) is 2.53. The summed E-state index contributed by atoms with van der Waals surface area (Å²) in [6.07, 6.45) is 1.31. The van der Waals surface area contributed by atoms with Crippen molar-refractivity contribution in [3.63, 3.8) is 0 Å². The number of carboxylic acids is 1. The first kappa shape index (κ1) is 15.2. The van der Waals surface area contributed by atoms with E-state index in [0.29, 0.717) is 39.8 Å². The number of carbonyl (C=O) groups is 3. The van der Waals surface area contributed by atoms with Crippen molar-refractivity contribution >= 4 is 40.1 Å². The number of hydrogen-bond acceptors (Lipinski definition) is 4. The Morgan fingerprint density at radius 3 is 2.45 bits per heavy atom. The standard InChI is InChI=1S/C16H14INO4/c17-12-13(18-7-3-4-9(8-18)16(21)22)15(20)11-6-2-1-5-10(11)14(12)19/h1-2,5-6,9H,3-4,7-8H2,(H,21,22). The minimum Gasteiger partial charge on any atom is -0.481 e. The van der Waals surface area contributed by atoms with Crippen molar-refractivity contribution in [3.05, 3.63) is 44.7 Å². The van der Waals surface area contributed by atoms with Gasteiger partial charge in [0.1, 0.15) is 5.70 Å². The van der Waals surface area contributed by atoms with Crippen LogP contribution < -0.4 is 0 Å². The lowest BCUT2D eigenvalue weighted by atomic mass is 9.90. The van der Waals surface area contributed by atoms with Gasteiger partial charge in [0.2, 0.25) is 11.6 Å². The molecule has 1 unspecified atom stereocenters. The Balaban J connectivity index is 2.00. The van der Waals surface area contributed by atoms with Crippen molar-refractivity contribution in [2.45, 2.75) is 12.8 Å². The largest absolute Gasteiger partial charge is 0.481 e. The molecule has 22 heavy (non-hydrogen) atoms. The van der Waals surface area contributed by atoms with Gasteiger partial charge in [0, 0.05) is 24.2 Å². The Labute approximate surface area is 141 Å². The average molecular weight is 411 g/mol. The molecule has 3 rings (SSSR count). The number of halogens is 1. The molecule has 0 aromatic heterocycles. The third-order valence-corrected chi connectivity index (χ3v) is 5.13. The molecule has 114 valence electrons. The van der Waals surface area contributed by atoms with Gasteiger partial charge < -0.3 is 10.0 Å². The van der Waals surface area contributed by atoms with Gasteiger partial charge in [-0.3, -0.25) is 14.4 Å². The maximum Gasteiger partial charge on any atom is 0.308 e. The molecule has 2 aliphatic rings. The van der Waals surface area contributed by atoms with E-state index >= 15 is 0 Å². The minimum absolute atomic E-state index is 0.164. The number of aliphatic carboxylic acids is 1. The summed E-state index contributed by atoms with van der Waals surface area (Å²) in [6.45, 7) is 0.880. The van der Waals surface area contributed by atoms with Crippen molar-refractivity contribution < 1.29 is 19.5 Å². The lowest BCUT2D eigenvalue weighted by Gasteiger charge is -2.35. The first-order valence-electron chi connectivity index (χ1n) is 7.06. The molecule has 0 spiro atoms. The van der Waals surface area contributed by atoms with E-state index in [9.17, 15) is 19.5 Å². The Hall–Kier alpha value is -1.70. The van der Waals surface area contributed by atoms with Gasteiger partial charge in [0.25, 0.3) is 0 Å². The zero-order chi connectivity index (χ0) is 15.9. The summed E-state index contributed by atoms with van der Waals surface area (Å²) in [5.74, 6) is -1.70. The highest BCUT2D eigenvalue weighted by atomic mass is 127. The lowest BCUT2D eigenvalue weighted by Crippen LogP contribution is -2.42. The molecular weight excluding hydrogens is 397 g/mol. The second-order valence-electron chi connectivity index (χ2n) is 5.49. The Morgan fingerprint density at radius 1 is 1.18 bits per heavy atom. The first-order chi connectivity index (χ1) is 10.5. The lowest BCUT2D eigenvalue weighted by molar-refractivity contribution is -0.143. The summed E-state index contributed by atoms with van der Waals surface area (Å²) in [5.41, 5.74) is 1.18. The van der Waals surface area contributed by atoms with E-state index in [-0.39, 0.29) is 18.1 Å². The summed E-state index contributed by atoms with van der Waals surface area (Å²) in [4.78, 5) is 38.2. The van der Waals surface area contributed by atoms with Crippen LogP contribution in [0.2, 0.25) is 0 Å². The summed E-state index contributed by atoms with van der Waals surface area (Å²) in [7, 11) is 0. The summed E-state index contributed by atoms with van der Waals surface area (Å²) >= 11 is 1.90. The number of piperidine rings is 1. The minimum atomic E-state index is -0.852. The van der Waals surface area contributed by atoms with Crippen molar-refractivity contribution in [2.24, 2.45) is 5.92 Å². The predicted molar refractivity (Wildman–Crippen MR) is 88.1 cm³/mol. The van der Waals surface area contributed by atoms with Gasteiger partial charge in [-0.1, -0.05) is 24.3 Å². The molecule has 1 aromatic carbocycles. The number of carbonyl (C=O) groups excluding carboxylic acids is 2. The molecule has 1 aliphatic heterocycles. The number of benzene rings is 1. The molecule has 6 heteroatoms. The second kappa shape index (κ2) is 5.83. The third-order valence-electron chi connectivity index (χ3n) is 4.13. The van der Waals surface area contributed by atoms with E-state index in [1.807, 2.05) is 22.6 Å². The maximum absolute atomic E-state index is 12.7. The number of allylic oxidation sites excluding steroid dienone is 2. The van der Waals surface area contributed by atoms with Gasteiger partial charge in [-0.2, -0.15) is 0 Å². The van der Waals surface area contributed by atoms with Crippen molar-refractivity contribution in [1.29, 1.82) is 0 Å². The first-order valence-corrected chi connectivity index (χ1v) is 8.14. The fourth-order valence-corrected chi connectivity index (χ4v) is 3.87.